The maximum atomic E-state index is 12.6. The van der Waals surface area contributed by atoms with Gasteiger partial charge in [0.25, 0.3) is 0 Å². The summed E-state index contributed by atoms with van der Waals surface area (Å²) in [5, 5.41) is 3.81. The van der Waals surface area contributed by atoms with Crippen LogP contribution in [-0.4, -0.2) is 58.1 Å². The number of carbonyl (C=O) groups is 2. The van der Waals surface area contributed by atoms with Gasteiger partial charge in [0.2, 0.25) is 11.8 Å². The van der Waals surface area contributed by atoms with E-state index in [1.165, 1.54) is 11.8 Å². The van der Waals surface area contributed by atoms with Gasteiger partial charge in [-0.3, -0.25) is 9.59 Å². The van der Waals surface area contributed by atoms with E-state index in [0.29, 0.717) is 36.4 Å². The Kier molecular flexibility index (Phi) is 10.0. The lowest BCUT2D eigenvalue weighted by Crippen LogP contribution is -2.54. The Morgan fingerprint density at radius 3 is 2.68 bits per heavy atom. The molecule has 1 N–H and O–H groups in total. The zero-order valence-corrected chi connectivity index (χ0v) is 21.7. The third-order valence-electron chi connectivity index (χ3n) is 5.94. The third-order valence-corrected chi connectivity index (χ3v) is 6.98. The summed E-state index contributed by atoms with van der Waals surface area (Å²) < 4.78 is 0. The monoisotopic (exact) mass is 503 g/mol. The van der Waals surface area contributed by atoms with Crippen LogP contribution in [0.5, 0.6) is 0 Å². The van der Waals surface area contributed by atoms with Crippen LogP contribution in [0.25, 0.3) is 0 Å². The quantitative estimate of drug-likeness (QED) is 0.219. The zero-order chi connectivity index (χ0) is 24.5. The van der Waals surface area contributed by atoms with E-state index in [2.05, 4.69) is 34.0 Å². The van der Waals surface area contributed by atoms with E-state index < -0.39 is 0 Å². The Labute approximate surface area is 211 Å². The highest BCUT2D eigenvalue weighted by Crippen LogP contribution is 2.24. The minimum atomic E-state index is -0.0877. The molecule has 1 fully saturated rings. The molecule has 1 aliphatic heterocycles. The van der Waals surface area contributed by atoms with Crippen molar-refractivity contribution in [2.45, 2.75) is 63.7 Å². The number of thioether (sulfide) groups is 1. The fraction of sp³-hybridized carbons (Fsp3) is 0.520. The molecule has 0 spiro atoms. The number of amides is 2. The number of hydrogen-bond acceptors (Lipinski definition) is 6. The molecule has 2 aromatic rings. The van der Waals surface area contributed by atoms with E-state index in [1.807, 2.05) is 42.2 Å². The second kappa shape index (κ2) is 13.0. The van der Waals surface area contributed by atoms with Crippen molar-refractivity contribution < 1.29 is 9.59 Å². The maximum absolute atomic E-state index is 12.6. The van der Waals surface area contributed by atoms with Crippen molar-refractivity contribution in [3.8, 4) is 0 Å². The average molecular weight is 504 g/mol. The second-order valence-electron chi connectivity index (χ2n) is 8.66. The van der Waals surface area contributed by atoms with Gasteiger partial charge in [0.15, 0.2) is 5.16 Å². The molecule has 9 heteroatoms. The van der Waals surface area contributed by atoms with Crippen molar-refractivity contribution in [2.75, 3.05) is 30.3 Å². The number of nitrogens with one attached hydrogen (secondary N) is 1. The molecular formula is C25H34ClN5O2S. The molecule has 0 saturated carbocycles. The van der Waals surface area contributed by atoms with Crippen LogP contribution in [0, 0.1) is 0 Å². The summed E-state index contributed by atoms with van der Waals surface area (Å²) in [6.45, 7) is 8.21. The highest BCUT2D eigenvalue weighted by molar-refractivity contribution is 7.99. The Morgan fingerprint density at radius 1 is 1.21 bits per heavy atom. The summed E-state index contributed by atoms with van der Waals surface area (Å²) in [5.41, 5.74) is 1.05. The molecule has 1 saturated heterocycles. The number of hydrogen-bond donors (Lipinski definition) is 1. The average Bonchev–Trinajstić information content (AvgIpc) is 2.83. The van der Waals surface area contributed by atoms with Gasteiger partial charge in [-0.1, -0.05) is 73.5 Å². The van der Waals surface area contributed by atoms with Crippen molar-refractivity contribution >= 4 is 41.0 Å². The highest BCUT2D eigenvalue weighted by atomic mass is 35.5. The lowest BCUT2D eigenvalue weighted by atomic mass is 10.1. The summed E-state index contributed by atoms with van der Waals surface area (Å²) in [4.78, 5) is 38.0. The number of unbranched alkanes of at least 4 members (excludes halogenated alkanes) is 2. The number of nitrogens with zero attached hydrogens (tertiary/aromatic N) is 4. The summed E-state index contributed by atoms with van der Waals surface area (Å²) in [7, 11) is 0. The van der Waals surface area contributed by atoms with Crippen LogP contribution >= 0.6 is 23.4 Å². The van der Waals surface area contributed by atoms with Gasteiger partial charge in [-0.05, 0) is 25.8 Å². The van der Waals surface area contributed by atoms with Crippen LogP contribution in [0.3, 0.4) is 0 Å². The van der Waals surface area contributed by atoms with Crippen molar-refractivity contribution in [1.82, 2.24) is 20.2 Å². The van der Waals surface area contributed by atoms with E-state index >= 15 is 0 Å². The topological polar surface area (TPSA) is 78.4 Å². The van der Waals surface area contributed by atoms with E-state index in [-0.39, 0.29) is 29.7 Å². The molecule has 1 aromatic heterocycles. The molecule has 0 radical (unpaired) electrons. The van der Waals surface area contributed by atoms with E-state index in [1.54, 1.807) is 6.07 Å². The molecule has 34 heavy (non-hydrogen) atoms. The van der Waals surface area contributed by atoms with Gasteiger partial charge in [-0.25, -0.2) is 9.97 Å². The summed E-state index contributed by atoms with van der Waals surface area (Å²) in [5.74, 6) is 1.07. The number of anilines is 1. The van der Waals surface area contributed by atoms with Crippen LogP contribution in [0.15, 0.2) is 41.6 Å². The van der Waals surface area contributed by atoms with Crippen molar-refractivity contribution in [2.24, 2.45) is 0 Å². The molecule has 184 valence electrons. The SMILES string of the molecule is CCCCCC(=O)N1CCN(c2cc(Cl)nc(SCC(=O)N[C@H](C)c3ccccc3)n2)C[C@@H]1C. The van der Waals surface area contributed by atoms with Gasteiger partial charge < -0.3 is 15.1 Å². The number of rotatable bonds is 10. The first-order valence-corrected chi connectivity index (χ1v) is 13.3. The number of benzene rings is 1. The lowest BCUT2D eigenvalue weighted by Gasteiger charge is -2.40. The molecule has 2 atom stereocenters. The number of piperazine rings is 1. The highest BCUT2D eigenvalue weighted by Gasteiger charge is 2.28. The number of aromatic nitrogens is 2. The Balaban J connectivity index is 1.54. The third kappa shape index (κ3) is 7.60. The molecule has 2 heterocycles. The summed E-state index contributed by atoms with van der Waals surface area (Å²) >= 11 is 7.54. The molecule has 2 amide bonds. The molecule has 0 bridgehead atoms. The number of carbonyl (C=O) groups excluding carboxylic acids is 2. The fourth-order valence-electron chi connectivity index (χ4n) is 4.06. The van der Waals surface area contributed by atoms with Gasteiger partial charge >= 0.3 is 0 Å². The Hall–Kier alpha value is -2.32. The smallest absolute Gasteiger partial charge is 0.230 e. The molecule has 1 aliphatic rings. The van der Waals surface area contributed by atoms with Crippen LogP contribution in [0.4, 0.5) is 5.82 Å². The first kappa shape index (κ1) is 26.3. The molecule has 7 nitrogen and oxygen atoms in total. The predicted molar refractivity (Wildman–Crippen MR) is 138 cm³/mol. The fourth-order valence-corrected chi connectivity index (χ4v) is 4.95. The van der Waals surface area contributed by atoms with Crippen LogP contribution < -0.4 is 10.2 Å². The van der Waals surface area contributed by atoms with Gasteiger partial charge in [0, 0.05) is 38.2 Å². The Morgan fingerprint density at radius 2 is 1.97 bits per heavy atom. The van der Waals surface area contributed by atoms with Gasteiger partial charge in [-0.2, -0.15) is 0 Å². The second-order valence-corrected chi connectivity index (χ2v) is 9.99. The predicted octanol–water partition coefficient (Wildman–Crippen LogP) is 4.72. The largest absolute Gasteiger partial charge is 0.353 e. The van der Waals surface area contributed by atoms with Crippen molar-refractivity contribution in [3.63, 3.8) is 0 Å². The maximum Gasteiger partial charge on any atom is 0.230 e. The summed E-state index contributed by atoms with van der Waals surface area (Å²) in [6, 6.07) is 11.6. The molecule has 0 unspecified atom stereocenters. The molecule has 1 aromatic carbocycles. The van der Waals surface area contributed by atoms with Gasteiger partial charge in [0.05, 0.1) is 11.8 Å². The van der Waals surface area contributed by atoms with E-state index in [9.17, 15) is 9.59 Å². The molecule has 0 aliphatic carbocycles. The first-order chi connectivity index (χ1) is 16.4. The van der Waals surface area contributed by atoms with Gasteiger partial charge in [-0.15, -0.1) is 0 Å². The van der Waals surface area contributed by atoms with Crippen LogP contribution in [0.1, 0.15) is 58.1 Å². The zero-order valence-electron chi connectivity index (χ0n) is 20.2. The van der Waals surface area contributed by atoms with Crippen molar-refractivity contribution in [1.29, 1.82) is 0 Å². The minimum Gasteiger partial charge on any atom is -0.353 e. The number of halogens is 1. The molecular weight excluding hydrogens is 470 g/mol. The molecule has 3 rings (SSSR count). The van der Waals surface area contributed by atoms with Gasteiger partial charge in [0.1, 0.15) is 11.0 Å². The van der Waals surface area contributed by atoms with E-state index in [0.717, 1.165) is 30.6 Å². The first-order valence-electron chi connectivity index (χ1n) is 11.9. The van der Waals surface area contributed by atoms with Crippen LogP contribution in [-0.2, 0) is 9.59 Å². The lowest BCUT2D eigenvalue weighted by molar-refractivity contribution is -0.133. The van der Waals surface area contributed by atoms with E-state index in [4.69, 9.17) is 11.6 Å². The standard InChI is InChI=1S/C25H34ClN5O2S/c1-4-5-7-12-24(33)31-14-13-30(16-18(31)2)22-15-21(26)28-25(29-22)34-17-23(32)27-19(3)20-10-8-6-9-11-20/h6,8-11,15,18-19H,4-5,7,12-14,16-17H2,1-3H3,(H,27,32)/t18-,19+/m0/s1. The Bertz CT molecular complexity index is 962. The normalized spacial score (nSPS) is 16.9. The van der Waals surface area contributed by atoms with Crippen LogP contribution in [0.2, 0.25) is 5.15 Å². The van der Waals surface area contributed by atoms with Crippen molar-refractivity contribution in [3.05, 3.63) is 47.1 Å². The minimum absolute atomic E-state index is 0.0763. The summed E-state index contributed by atoms with van der Waals surface area (Å²) in [6.07, 6.45) is 3.76.